The number of aliphatic hydroxyl groups is 1. The summed E-state index contributed by atoms with van der Waals surface area (Å²) in [5, 5.41) is 10.4. The highest BCUT2D eigenvalue weighted by molar-refractivity contribution is 7.89. The Hall–Kier alpha value is -1.18. The maximum absolute atomic E-state index is 13.7. The van der Waals surface area contributed by atoms with Gasteiger partial charge in [-0.3, -0.25) is 0 Å². The number of halogens is 1. The van der Waals surface area contributed by atoms with Crippen LogP contribution in [-0.2, 0) is 10.0 Å². The van der Waals surface area contributed by atoms with Crippen LogP contribution in [0, 0.1) is 11.7 Å². The predicted molar refractivity (Wildman–Crippen MR) is 78.6 cm³/mol. The molecule has 4 N–H and O–H groups in total. The molecule has 0 spiro atoms. The van der Waals surface area contributed by atoms with Gasteiger partial charge in [0.15, 0.2) is 0 Å². The average molecular weight is 316 g/mol. The fourth-order valence-electron chi connectivity index (χ4n) is 2.90. The molecular weight excluding hydrogens is 295 g/mol. The van der Waals surface area contributed by atoms with Crippen molar-refractivity contribution in [2.45, 2.75) is 43.1 Å². The first kappa shape index (κ1) is 16.2. The van der Waals surface area contributed by atoms with Gasteiger partial charge in [-0.1, -0.05) is 25.8 Å². The van der Waals surface area contributed by atoms with Crippen molar-refractivity contribution in [3.8, 4) is 0 Å². The first-order valence-electron chi connectivity index (χ1n) is 6.99. The minimum atomic E-state index is -4.09. The zero-order valence-electron chi connectivity index (χ0n) is 12.0. The molecule has 0 amide bonds. The smallest absolute Gasteiger partial charge is 0.245 e. The van der Waals surface area contributed by atoms with Crippen LogP contribution < -0.4 is 10.5 Å². The highest BCUT2D eigenvalue weighted by Gasteiger charge is 2.34. The summed E-state index contributed by atoms with van der Waals surface area (Å²) < 4.78 is 40.4. The maximum Gasteiger partial charge on any atom is 0.245 e. The molecule has 0 aromatic heterocycles. The zero-order chi connectivity index (χ0) is 15.7. The van der Waals surface area contributed by atoms with Crippen LogP contribution in [0.15, 0.2) is 23.1 Å². The van der Waals surface area contributed by atoms with Crippen molar-refractivity contribution in [1.29, 1.82) is 0 Å². The molecule has 0 bridgehead atoms. The molecule has 1 saturated carbocycles. The topological polar surface area (TPSA) is 92.4 Å². The van der Waals surface area contributed by atoms with Crippen LogP contribution in [0.25, 0.3) is 0 Å². The van der Waals surface area contributed by atoms with E-state index >= 15 is 0 Å². The molecule has 0 heterocycles. The molecule has 1 aliphatic rings. The summed E-state index contributed by atoms with van der Waals surface area (Å²) in [5.41, 5.74) is 4.32. The van der Waals surface area contributed by atoms with Gasteiger partial charge in [0.25, 0.3) is 0 Å². The number of rotatable bonds is 4. The lowest BCUT2D eigenvalue weighted by atomic mass is 9.79. The largest absolute Gasteiger partial charge is 0.398 e. The molecule has 21 heavy (non-hydrogen) atoms. The molecule has 2 unspecified atom stereocenters. The first-order valence-corrected chi connectivity index (χ1v) is 8.48. The molecule has 1 aromatic carbocycles. The number of hydrogen-bond acceptors (Lipinski definition) is 4. The second kappa shape index (κ2) is 5.90. The van der Waals surface area contributed by atoms with Gasteiger partial charge in [-0.25, -0.2) is 17.5 Å². The molecule has 5 nitrogen and oxygen atoms in total. The zero-order valence-corrected chi connectivity index (χ0v) is 12.8. The van der Waals surface area contributed by atoms with E-state index in [-0.39, 0.29) is 12.2 Å². The van der Waals surface area contributed by atoms with Gasteiger partial charge in [-0.2, -0.15) is 0 Å². The maximum atomic E-state index is 13.7. The number of anilines is 1. The van der Waals surface area contributed by atoms with Crippen molar-refractivity contribution in [1.82, 2.24) is 4.72 Å². The summed E-state index contributed by atoms with van der Waals surface area (Å²) in [6, 6.07) is 3.72. The van der Waals surface area contributed by atoms with Crippen LogP contribution in [0.1, 0.15) is 32.6 Å². The van der Waals surface area contributed by atoms with Gasteiger partial charge in [0.05, 0.1) is 11.3 Å². The Morgan fingerprint density at radius 2 is 2.24 bits per heavy atom. The molecule has 1 fully saturated rings. The summed E-state index contributed by atoms with van der Waals surface area (Å²) in [5.74, 6) is -0.557. The quantitative estimate of drug-likeness (QED) is 0.736. The van der Waals surface area contributed by atoms with Crippen LogP contribution in [0.3, 0.4) is 0 Å². The molecule has 0 saturated heterocycles. The Labute approximate surface area is 124 Å². The second-order valence-electron chi connectivity index (χ2n) is 5.91. The van der Waals surface area contributed by atoms with Gasteiger partial charge in [0.2, 0.25) is 10.0 Å². The van der Waals surface area contributed by atoms with E-state index in [9.17, 15) is 17.9 Å². The Morgan fingerprint density at radius 3 is 2.86 bits per heavy atom. The van der Waals surface area contributed by atoms with Crippen LogP contribution in [0.5, 0.6) is 0 Å². The summed E-state index contributed by atoms with van der Waals surface area (Å²) in [6.07, 6.45) is 2.94. The van der Waals surface area contributed by atoms with Gasteiger partial charge in [-0.15, -0.1) is 0 Å². The number of nitrogens with one attached hydrogen (secondary N) is 1. The minimum absolute atomic E-state index is 0.132. The van der Waals surface area contributed by atoms with Crippen LogP contribution >= 0.6 is 0 Å². The number of sulfonamides is 1. The third-order valence-electron chi connectivity index (χ3n) is 3.92. The van der Waals surface area contributed by atoms with E-state index in [4.69, 9.17) is 5.73 Å². The molecule has 0 radical (unpaired) electrons. The van der Waals surface area contributed by atoms with Gasteiger partial charge in [0.1, 0.15) is 10.7 Å². The average Bonchev–Trinajstić information content (AvgIpc) is 2.36. The Balaban J connectivity index is 2.15. The molecule has 2 rings (SSSR count). The summed E-state index contributed by atoms with van der Waals surface area (Å²) in [6.45, 7) is 1.89. The molecular formula is C14H21FN2O3S. The Kier molecular flexibility index (Phi) is 4.55. The van der Waals surface area contributed by atoms with Crippen molar-refractivity contribution < 1.29 is 17.9 Å². The van der Waals surface area contributed by atoms with Gasteiger partial charge >= 0.3 is 0 Å². The summed E-state index contributed by atoms with van der Waals surface area (Å²) in [4.78, 5) is -0.558. The van der Waals surface area contributed by atoms with E-state index in [1.807, 2.05) is 6.92 Å². The normalized spacial score (nSPS) is 26.7. The molecule has 1 aliphatic carbocycles. The van der Waals surface area contributed by atoms with E-state index in [1.54, 1.807) is 0 Å². The summed E-state index contributed by atoms with van der Waals surface area (Å²) in [7, 11) is -4.09. The molecule has 1 aromatic rings. The summed E-state index contributed by atoms with van der Waals surface area (Å²) >= 11 is 0. The van der Waals surface area contributed by atoms with Crippen molar-refractivity contribution in [2.75, 3.05) is 12.3 Å². The number of hydrogen-bond donors (Lipinski definition) is 3. The van der Waals surface area contributed by atoms with Crippen LogP contribution in [-0.4, -0.2) is 25.7 Å². The highest BCUT2D eigenvalue weighted by atomic mass is 32.2. The van der Waals surface area contributed by atoms with Gasteiger partial charge in [0, 0.05) is 6.54 Å². The van der Waals surface area contributed by atoms with Crippen molar-refractivity contribution in [3.05, 3.63) is 24.0 Å². The Bertz CT molecular complexity index is 600. The van der Waals surface area contributed by atoms with Crippen LogP contribution in [0.2, 0.25) is 0 Å². The van der Waals surface area contributed by atoms with Gasteiger partial charge < -0.3 is 10.8 Å². The third-order valence-corrected chi connectivity index (χ3v) is 5.42. The second-order valence-corrected chi connectivity index (χ2v) is 7.61. The Morgan fingerprint density at radius 1 is 1.52 bits per heavy atom. The van der Waals surface area contributed by atoms with E-state index < -0.39 is 26.3 Å². The van der Waals surface area contributed by atoms with Crippen molar-refractivity contribution >= 4 is 15.7 Å². The van der Waals surface area contributed by atoms with E-state index in [0.717, 1.165) is 18.9 Å². The fraction of sp³-hybridized carbons (Fsp3) is 0.571. The van der Waals surface area contributed by atoms with Crippen molar-refractivity contribution in [3.63, 3.8) is 0 Å². The SMILES string of the molecule is CC1CCCC(O)(CNS(=O)(=O)c2c(N)cccc2F)C1. The van der Waals surface area contributed by atoms with E-state index in [0.29, 0.717) is 18.8 Å². The van der Waals surface area contributed by atoms with E-state index in [2.05, 4.69) is 4.72 Å². The van der Waals surface area contributed by atoms with Crippen LogP contribution in [0.4, 0.5) is 10.1 Å². The number of benzene rings is 1. The molecule has 0 aliphatic heterocycles. The van der Waals surface area contributed by atoms with Gasteiger partial charge in [-0.05, 0) is 30.9 Å². The lowest BCUT2D eigenvalue weighted by molar-refractivity contribution is -0.00752. The first-order chi connectivity index (χ1) is 9.73. The third kappa shape index (κ3) is 3.72. The van der Waals surface area contributed by atoms with E-state index in [1.165, 1.54) is 12.1 Å². The lowest BCUT2D eigenvalue weighted by Crippen LogP contribution is -2.45. The predicted octanol–water partition coefficient (Wildman–Crippen LogP) is 1.63. The number of nitrogen functional groups attached to an aromatic ring is 1. The highest BCUT2D eigenvalue weighted by Crippen LogP contribution is 2.32. The molecule has 118 valence electrons. The molecule has 7 heteroatoms. The van der Waals surface area contributed by atoms with Crippen molar-refractivity contribution in [2.24, 2.45) is 5.92 Å². The monoisotopic (exact) mass is 316 g/mol. The number of nitrogens with two attached hydrogens (primary N) is 1. The minimum Gasteiger partial charge on any atom is -0.398 e. The lowest BCUT2D eigenvalue weighted by Gasteiger charge is -2.35. The fourth-order valence-corrected chi connectivity index (χ4v) is 4.21. The standard InChI is InChI=1S/C14H21FN2O3S/c1-10-4-3-7-14(18,8-10)9-17-21(19,20)13-11(15)5-2-6-12(13)16/h2,5-6,10,17-18H,3-4,7-9,16H2,1H3. The molecule has 2 atom stereocenters.